The Balaban J connectivity index is 2.31. The fourth-order valence-electron chi connectivity index (χ4n) is 1.75. The van der Waals surface area contributed by atoms with Crippen molar-refractivity contribution in [1.29, 1.82) is 0 Å². The molecule has 0 aliphatic rings. The molecule has 0 atom stereocenters. The molecule has 1 N–H and O–H groups in total. The lowest BCUT2D eigenvalue weighted by Crippen LogP contribution is -2.19. The molecule has 0 amide bonds. The van der Waals surface area contributed by atoms with Crippen LogP contribution in [-0.2, 0) is 6.54 Å². The highest BCUT2D eigenvalue weighted by molar-refractivity contribution is 5.20. The van der Waals surface area contributed by atoms with E-state index in [-0.39, 0.29) is 0 Å². The molecule has 16 heavy (non-hydrogen) atoms. The number of nitrogens with zero attached hydrogens (tertiary/aromatic N) is 2. The number of aryl methyl sites for hydroxylation is 2. The van der Waals surface area contributed by atoms with E-state index in [0.717, 1.165) is 43.8 Å². The molecule has 92 valence electrons. The van der Waals surface area contributed by atoms with Crippen LogP contribution in [0.4, 0.5) is 0 Å². The Morgan fingerprint density at radius 3 is 2.56 bits per heavy atom. The van der Waals surface area contributed by atoms with Gasteiger partial charge in [-0.15, -0.1) is 0 Å². The Morgan fingerprint density at radius 1 is 1.25 bits per heavy atom. The van der Waals surface area contributed by atoms with E-state index in [1.807, 2.05) is 13.8 Å². The van der Waals surface area contributed by atoms with Crippen molar-refractivity contribution in [3.05, 3.63) is 17.0 Å². The van der Waals surface area contributed by atoms with Crippen molar-refractivity contribution in [2.24, 2.45) is 0 Å². The SMILES string of the molecule is Cc1noc(C)c1CN(C)CCCCCO. The molecule has 0 spiro atoms. The number of hydrogen-bond acceptors (Lipinski definition) is 4. The monoisotopic (exact) mass is 226 g/mol. The van der Waals surface area contributed by atoms with Gasteiger partial charge in [0.05, 0.1) is 5.69 Å². The maximum absolute atomic E-state index is 8.68. The quantitative estimate of drug-likeness (QED) is 0.721. The summed E-state index contributed by atoms with van der Waals surface area (Å²) < 4.78 is 5.13. The molecule has 0 saturated heterocycles. The lowest BCUT2D eigenvalue weighted by Gasteiger charge is -2.15. The minimum atomic E-state index is 0.299. The molecule has 1 rings (SSSR count). The molecule has 0 bridgehead atoms. The van der Waals surface area contributed by atoms with Crippen LogP contribution in [-0.4, -0.2) is 35.4 Å². The van der Waals surface area contributed by atoms with E-state index >= 15 is 0 Å². The Hall–Kier alpha value is -0.870. The maximum Gasteiger partial charge on any atom is 0.138 e. The first-order chi connectivity index (χ1) is 7.65. The van der Waals surface area contributed by atoms with Gasteiger partial charge in [-0.1, -0.05) is 5.16 Å². The first kappa shape index (κ1) is 13.2. The van der Waals surface area contributed by atoms with Gasteiger partial charge in [0.15, 0.2) is 0 Å². The summed E-state index contributed by atoms with van der Waals surface area (Å²) in [5, 5.41) is 12.6. The Labute approximate surface area is 97.2 Å². The van der Waals surface area contributed by atoms with Crippen molar-refractivity contribution < 1.29 is 9.63 Å². The highest BCUT2D eigenvalue weighted by atomic mass is 16.5. The van der Waals surface area contributed by atoms with E-state index in [9.17, 15) is 0 Å². The summed E-state index contributed by atoms with van der Waals surface area (Å²) in [4.78, 5) is 2.27. The molecule has 0 aliphatic carbocycles. The van der Waals surface area contributed by atoms with Gasteiger partial charge in [0.1, 0.15) is 5.76 Å². The van der Waals surface area contributed by atoms with Gasteiger partial charge in [-0.2, -0.15) is 0 Å². The summed E-state index contributed by atoms with van der Waals surface area (Å²) in [5.74, 6) is 0.916. The normalized spacial score (nSPS) is 11.3. The molecule has 0 aromatic carbocycles. The number of aromatic nitrogens is 1. The average molecular weight is 226 g/mol. The van der Waals surface area contributed by atoms with Crippen LogP contribution in [0.25, 0.3) is 0 Å². The Morgan fingerprint density at radius 2 is 2.00 bits per heavy atom. The van der Waals surface area contributed by atoms with Gasteiger partial charge in [-0.05, 0) is 46.7 Å². The molecule has 0 saturated carbocycles. The van der Waals surface area contributed by atoms with Crippen molar-refractivity contribution in [2.45, 2.75) is 39.7 Å². The Kier molecular flexibility index (Phi) is 5.49. The second kappa shape index (κ2) is 6.66. The second-order valence-corrected chi connectivity index (χ2v) is 4.32. The molecule has 1 aromatic heterocycles. The highest BCUT2D eigenvalue weighted by Gasteiger charge is 2.10. The van der Waals surface area contributed by atoms with Crippen LogP contribution in [0.15, 0.2) is 4.52 Å². The summed E-state index contributed by atoms with van der Waals surface area (Å²) in [7, 11) is 2.10. The van der Waals surface area contributed by atoms with Crippen molar-refractivity contribution in [1.82, 2.24) is 10.1 Å². The number of aliphatic hydroxyl groups excluding tert-OH is 1. The number of aliphatic hydroxyl groups is 1. The topological polar surface area (TPSA) is 49.5 Å². The van der Waals surface area contributed by atoms with Gasteiger partial charge in [0.2, 0.25) is 0 Å². The predicted octanol–water partition coefficient (Wildman–Crippen LogP) is 1.89. The maximum atomic E-state index is 8.68. The summed E-state index contributed by atoms with van der Waals surface area (Å²) in [6, 6.07) is 0. The number of rotatable bonds is 7. The standard InChI is InChI=1S/C12H22N2O2/c1-10-12(11(2)16-13-10)9-14(3)7-5-4-6-8-15/h15H,4-9H2,1-3H3. The third kappa shape index (κ3) is 3.94. The first-order valence-corrected chi connectivity index (χ1v) is 5.86. The molecule has 0 fully saturated rings. The van der Waals surface area contributed by atoms with Crippen LogP contribution in [0, 0.1) is 13.8 Å². The van der Waals surface area contributed by atoms with E-state index < -0.39 is 0 Å². The van der Waals surface area contributed by atoms with E-state index in [1.165, 1.54) is 5.56 Å². The van der Waals surface area contributed by atoms with E-state index in [4.69, 9.17) is 9.63 Å². The molecule has 0 unspecified atom stereocenters. The molecule has 0 radical (unpaired) electrons. The van der Waals surface area contributed by atoms with Crippen LogP contribution in [0.1, 0.15) is 36.3 Å². The number of hydrogen-bond donors (Lipinski definition) is 1. The van der Waals surface area contributed by atoms with Gasteiger partial charge in [-0.25, -0.2) is 0 Å². The van der Waals surface area contributed by atoms with Crippen molar-refractivity contribution in [3.8, 4) is 0 Å². The number of unbranched alkanes of at least 4 members (excludes halogenated alkanes) is 2. The van der Waals surface area contributed by atoms with Gasteiger partial charge in [0, 0.05) is 18.7 Å². The zero-order valence-electron chi connectivity index (χ0n) is 10.5. The third-order valence-corrected chi connectivity index (χ3v) is 2.81. The summed E-state index contributed by atoms with van der Waals surface area (Å²) in [6.07, 6.45) is 3.11. The van der Waals surface area contributed by atoms with Gasteiger partial charge < -0.3 is 14.5 Å². The minimum absolute atomic E-state index is 0.299. The first-order valence-electron chi connectivity index (χ1n) is 5.86. The molecule has 1 heterocycles. The van der Waals surface area contributed by atoms with Crippen molar-refractivity contribution >= 4 is 0 Å². The van der Waals surface area contributed by atoms with Crippen LogP contribution in [0.5, 0.6) is 0 Å². The van der Waals surface area contributed by atoms with Gasteiger partial charge in [-0.3, -0.25) is 0 Å². The summed E-state index contributed by atoms with van der Waals surface area (Å²) in [5.41, 5.74) is 2.18. The summed E-state index contributed by atoms with van der Waals surface area (Å²) >= 11 is 0. The van der Waals surface area contributed by atoms with E-state index in [2.05, 4.69) is 17.1 Å². The van der Waals surface area contributed by atoms with E-state index in [1.54, 1.807) is 0 Å². The molecule has 4 nitrogen and oxygen atoms in total. The molecule has 0 aliphatic heterocycles. The molecular weight excluding hydrogens is 204 g/mol. The molecular formula is C12H22N2O2. The van der Waals surface area contributed by atoms with Crippen molar-refractivity contribution in [2.75, 3.05) is 20.2 Å². The largest absolute Gasteiger partial charge is 0.396 e. The van der Waals surface area contributed by atoms with Crippen molar-refractivity contribution in [3.63, 3.8) is 0 Å². The van der Waals surface area contributed by atoms with Crippen LogP contribution >= 0.6 is 0 Å². The zero-order chi connectivity index (χ0) is 12.0. The van der Waals surface area contributed by atoms with E-state index in [0.29, 0.717) is 6.61 Å². The van der Waals surface area contributed by atoms with Gasteiger partial charge in [0.25, 0.3) is 0 Å². The van der Waals surface area contributed by atoms with Crippen LogP contribution in [0.2, 0.25) is 0 Å². The zero-order valence-corrected chi connectivity index (χ0v) is 10.5. The lowest BCUT2D eigenvalue weighted by atomic mass is 10.2. The fourth-order valence-corrected chi connectivity index (χ4v) is 1.75. The minimum Gasteiger partial charge on any atom is -0.396 e. The highest BCUT2D eigenvalue weighted by Crippen LogP contribution is 2.14. The lowest BCUT2D eigenvalue weighted by molar-refractivity contribution is 0.270. The van der Waals surface area contributed by atoms with Crippen LogP contribution < -0.4 is 0 Å². The fraction of sp³-hybridized carbons (Fsp3) is 0.750. The second-order valence-electron chi connectivity index (χ2n) is 4.32. The average Bonchev–Trinajstić information content (AvgIpc) is 2.56. The van der Waals surface area contributed by atoms with Gasteiger partial charge >= 0.3 is 0 Å². The predicted molar refractivity (Wildman–Crippen MR) is 63.2 cm³/mol. The molecule has 4 heteroatoms. The smallest absolute Gasteiger partial charge is 0.138 e. The molecule has 1 aromatic rings. The van der Waals surface area contributed by atoms with Crippen LogP contribution in [0.3, 0.4) is 0 Å². The Bertz CT molecular complexity index is 290. The summed E-state index contributed by atoms with van der Waals surface area (Å²) in [6.45, 7) is 6.16. The third-order valence-electron chi connectivity index (χ3n) is 2.81.